The summed E-state index contributed by atoms with van der Waals surface area (Å²) in [6, 6.07) is 4.93. The minimum absolute atomic E-state index is 0.242. The minimum Gasteiger partial charge on any atom is -0.241 e. The second-order valence-corrected chi connectivity index (χ2v) is 4.60. The number of aromatic nitrogens is 1. The molecule has 0 saturated heterocycles. The van der Waals surface area contributed by atoms with Gasteiger partial charge in [-0.1, -0.05) is 6.07 Å². The molecule has 1 nitrogen and oxygen atoms in total. The summed E-state index contributed by atoms with van der Waals surface area (Å²) in [4.78, 5) is 4.25. The fourth-order valence-electron chi connectivity index (χ4n) is 1.17. The van der Waals surface area contributed by atoms with E-state index < -0.39 is 0 Å². The van der Waals surface area contributed by atoms with Crippen molar-refractivity contribution in [2.75, 3.05) is 0 Å². The summed E-state index contributed by atoms with van der Waals surface area (Å²) >= 11 is 4.77. The zero-order valence-corrected chi connectivity index (χ0v) is 9.82. The predicted octanol–water partition coefficient (Wildman–Crippen LogP) is 4.02. The van der Waals surface area contributed by atoms with Crippen LogP contribution in [0.3, 0.4) is 0 Å². The van der Waals surface area contributed by atoms with Crippen LogP contribution in [0.2, 0.25) is 0 Å². The molecule has 1 aromatic carbocycles. The zero-order valence-electron chi connectivity index (χ0n) is 7.42. The molecule has 0 N–H and O–H groups in total. The Morgan fingerprint density at radius 1 is 1.43 bits per heavy atom. The van der Waals surface area contributed by atoms with Gasteiger partial charge in [-0.3, -0.25) is 0 Å². The first-order valence-electron chi connectivity index (χ1n) is 4.05. The van der Waals surface area contributed by atoms with E-state index in [0.717, 1.165) is 10.2 Å². The molecule has 0 bridgehead atoms. The van der Waals surface area contributed by atoms with Crippen LogP contribution in [0, 0.1) is 12.7 Å². The smallest absolute Gasteiger partial charge is 0.134 e. The third kappa shape index (κ3) is 1.72. The van der Waals surface area contributed by atoms with Crippen molar-refractivity contribution in [3.8, 4) is 10.6 Å². The first-order chi connectivity index (χ1) is 6.68. The molecule has 0 spiro atoms. The number of hydrogen-bond acceptors (Lipinski definition) is 2. The summed E-state index contributed by atoms with van der Waals surface area (Å²) in [7, 11) is 0. The highest BCUT2D eigenvalue weighted by atomic mass is 79.9. The maximum atomic E-state index is 13.5. The van der Waals surface area contributed by atoms with Crippen LogP contribution in [-0.2, 0) is 0 Å². The highest BCUT2D eigenvalue weighted by Gasteiger charge is 2.11. The van der Waals surface area contributed by atoms with Gasteiger partial charge in [-0.25, -0.2) is 9.37 Å². The SMILES string of the molecule is Cc1csc(-c2c(F)cccc2Br)n1. The molecule has 2 aromatic rings. The Morgan fingerprint density at radius 3 is 2.79 bits per heavy atom. The third-order valence-corrected chi connectivity index (χ3v) is 3.43. The number of nitrogens with zero attached hydrogens (tertiary/aromatic N) is 1. The molecule has 14 heavy (non-hydrogen) atoms. The van der Waals surface area contributed by atoms with Gasteiger partial charge in [0.25, 0.3) is 0 Å². The standard InChI is InChI=1S/C10H7BrFNS/c1-6-5-14-10(13-6)9-7(11)3-2-4-8(9)12/h2-5H,1H3. The van der Waals surface area contributed by atoms with Gasteiger partial charge in [0, 0.05) is 15.5 Å². The highest BCUT2D eigenvalue weighted by Crippen LogP contribution is 2.32. The molecular weight excluding hydrogens is 265 g/mol. The van der Waals surface area contributed by atoms with Crippen molar-refractivity contribution in [3.05, 3.63) is 39.6 Å². The Balaban J connectivity index is 2.61. The molecule has 0 amide bonds. The lowest BCUT2D eigenvalue weighted by Gasteiger charge is -2.01. The van der Waals surface area contributed by atoms with Crippen molar-refractivity contribution in [2.24, 2.45) is 0 Å². The molecule has 0 aliphatic heterocycles. The monoisotopic (exact) mass is 271 g/mol. The van der Waals surface area contributed by atoms with E-state index in [1.54, 1.807) is 6.07 Å². The van der Waals surface area contributed by atoms with Crippen molar-refractivity contribution >= 4 is 27.3 Å². The van der Waals surface area contributed by atoms with Gasteiger partial charge < -0.3 is 0 Å². The number of thiazole rings is 1. The van der Waals surface area contributed by atoms with Crippen molar-refractivity contribution < 1.29 is 4.39 Å². The lowest BCUT2D eigenvalue weighted by atomic mass is 10.2. The molecule has 4 heteroatoms. The number of aryl methyl sites for hydroxylation is 1. The molecule has 2 rings (SSSR count). The van der Waals surface area contributed by atoms with E-state index in [1.807, 2.05) is 18.4 Å². The van der Waals surface area contributed by atoms with Crippen molar-refractivity contribution in [1.82, 2.24) is 4.98 Å². The Hall–Kier alpha value is -0.740. The fourth-order valence-corrected chi connectivity index (χ4v) is 2.69. The third-order valence-electron chi connectivity index (χ3n) is 1.80. The Kier molecular flexibility index (Phi) is 2.65. The number of benzene rings is 1. The van der Waals surface area contributed by atoms with Crippen LogP contribution in [-0.4, -0.2) is 4.98 Å². The normalized spacial score (nSPS) is 10.5. The second kappa shape index (κ2) is 3.79. The number of halogens is 2. The summed E-state index contributed by atoms with van der Waals surface area (Å²) in [5.74, 6) is -0.242. The van der Waals surface area contributed by atoms with Crippen molar-refractivity contribution in [2.45, 2.75) is 6.92 Å². The maximum Gasteiger partial charge on any atom is 0.134 e. The van der Waals surface area contributed by atoms with Crippen molar-refractivity contribution in [1.29, 1.82) is 0 Å². The summed E-state index contributed by atoms with van der Waals surface area (Å²) < 4.78 is 14.2. The van der Waals surface area contributed by atoms with Crippen LogP contribution in [0.25, 0.3) is 10.6 Å². The second-order valence-electron chi connectivity index (χ2n) is 2.89. The Bertz CT molecular complexity index is 447. The van der Waals surface area contributed by atoms with E-state index >= 15 is 0 Å². The largest absolute Gasteiger partial charge is 0.241 e. The van der Waals surface area contributed by atoms with E-state index in [0.29, 0.717) is 10.6 Å². The van der Waals surface area contributed by atoms with Gasteiger partial charge in [0.15, 0.2) is 0 Å². The minimum atomic E-state index is -0.242. The molecule has 0 unspecified atom stereocenters. The lowest BCUT2D eigenvalue weighted by molar-refractivity contribution is 0.630. The highest BCUT2D eigenvalue weighted by molar-refractivity contribution is 9.10. The summed E-state index contributed by atoms with van der Waals surface area (Å²) in [5, 5.41) is 2.63. The van der Waals surface area contributed by atoms with Gasteiger partial charge in [-0.15, -0.1) is 11.3 Å². The van der Waals surface area contributed by atoms with E-state index in [1.165, 1.54) is 17.4 Å². The molecule has 0 saturated carbocycles. The van der Waals surface area contributed by atoms with Gasteiger partial charge in [0.1, 0.15) is 10.8 Å². The molecule has 0 aliphatic rings. The molecule has 1 heterocycles. The molecule has 0 fully saturated rings. The fraction of sp³-hybridized carbons (Fsp3) is 0.100. The predicted molar refractivity (Wildman–Crippen MR) is 59.9 cm³/mol. The topological polar surface area (TPSA) is 12.9 Å². The van der Waals surface area contributed by atoms with Crippen LogP contribution < -0.4 is 0 Å². The lowest BCUT2D eigenvalue weighted by Crippen LogP contribution is -1.85. The maximum absolute atomic E-state index is 13.5. The molecule has 0 atom stereocenters. The Morgan fingerprint density at radius 2 is 2.21 bits per heavy atom. The first-order valence-corrected chi connectivity index (χ1v) is 5.72. The summed E-state index contributed by atoms with van der Waals surface area (Å²) in [6.07, 6.45) is 0. The Labute approximate surface area is 93.7 Å². The summed E-state index contributed by atoms with van der Waals surface area (Å²) in [5.41, 5.74) is 1.46. The average molecular weight is 272 g/mol. The average Bonchev–Trinajstić information content (AvgIpc) is 2.51. The molecule has 1 aromatic heterocycles. The molecule has 72 valence electrons. The van der Waals surface area contributed by atoms with E-state index in [4.69, 9.17) is 0 Å². The van der Waals surface area contributed by atoms with Gasteiger partial charge >= 0.3 is 0 Å². The van der Waals surface area contributed by atoms with Gasteiger partial charge in [-0.05, 0) is 35.0 Å². The van der Waals surface area contributed by atoms with Crippen molar-refractivity contribution in [3.63, 3.8) is 0 Å². The van der Waals surface area contributed by atoms with E-state index in [9.17, 15) is 4.39 Å². The van der Waals surface area contributed by atoms with Gasteiger partial charge in [0.05, 0.1) is 5.56 Å². The van der Waals surface area contributed by atoms with Gasteiger partial charge in [0.2, 0.25) is 0 Å². The van der Waals surface area contributed by atoms with Crippen LogP contribution >= 0.6 is 27.3 Å². The van der Waals surface area contributed by atoms with E-state index in [-0.39, 0.29) is 5.82 Å². The number of hydrogen-bond donors (Lipinski definition) is 0. The summed E-state index contributed by atoms with van der Waals surface area (Å²) in [6.45, 7) is 1.90. The van der Waals surface area contributed by atoms with Crippen LogP contribution in [0.1, 0.15) is 5.69 Å². The first kappa shape index (κ1) is 9.80. The van der Waals surface area contributed by atoms with Gasteiger partial charge in [-0.2, -0.15) is 0 Å². The van der Waals surface area contributed by atoms with Crippen LogP contribution in [0.5, 0.6) is 0 Å². The van der Waals surface area contributed by atoms with E-state index in [2.05, 4.69) is 20.9 Å². The van der Waals surface area contributed by atoms with Crippen LogP contribution in [0.15, 0.2) is 28.1 Å². The molecule has 0 aliphatic carbocycles. The molecular formula is C10H7BrFNS. The molecule has 0 radical (unpaired) electrons. The quantitative estimate of drug-likeness (QED) is 0.764. The zero-order chi connectivity index (χ0) is 10.1. The number of rotatable bonds is 1. The van der Waals surface area contributed by atoms with Crippen LogP contribution in [0.4, 0.5) is 4.39 Å².